The molecule has 3 aromatic heterocycles. The van der Waals surface area contributed by atoms with E-state index in [1.807, 2.05) is 103 Å². The van der Waals surface area contributed by atoms with Crippen LogP contribution in [0.4, 0.5) is 0 Å². The Morgan fingerprint density at radius 2 is 0.521 bits per heavy atom. The fourth-order valence-corrected chi connectivity index (χ4v) is 13.0. The lowest BCUT2D eigenvalue weighted by Gasteiger charge is -2.20. The molecule has 12 heteroatoms. The zero-order valence-corrected chi connectivity index (χ0v) is 50.6. The van der Waals surface area contributed by atoms with E-state index in [9.17, 15) is 42.1 Å². The van der Waals surface area contributed by atoms with Crippen LogP contribution in [0.25, 0.3) is 145 Å². The van der Waals surface area contributed by atoms with Crippen molar-refractivity contribution in [2.45, 2.75) is 0 Å². The van der Waals surface area contributed by atoms with Gasteiger partial charge < -0.3 is 9.13 Å². The van der Waals surface area contributed by atoms with E-state index >= 15 is 0 Å². The number of hydrogen-bond acceptors (Lipinski definition) is 10. The third-order valence-corrected chi connectivity index (χ3v) is 17.4. The third-order valence-electron chi connectivity index (χ3n) is 17.4. The van der Waals surface area contributed by atoms with Crippen LogP contribution in [0.15, 0.2) is 255 Å². The van der Waals surface area contributed by atoms with Gasteiger partial charge in [-0.1, -0.05) is 115 Å². The molecule has 0 saturated heterocycles. The summed E-state index contributed by atoms with van der Waals surface area (Å²) in [6, 6.07) is 99.5. The Kier molecular flexibility index (Phi) is 14.3. The zero-order chi connectivity index (χ0) is 65.6. The van der Waals surface area contributed by atoms with Crippen molar-refractivity contribution in [3.8, 4) is 149 Å². The number of benzene rings is 12. The summed E-state index contributed by atoms with van der Waals surface area (Å²) >= 11 is 0. The molecule has 0 fully saturated rings. The fraction of sp³-hybridized carbons (Fsp3) is 0. The quantitative estimate of drug-likeness (QED) is 0.126. The average molecular weight is 1220 g/mol. The molecule has 0 radical (unpaired) electrons. The monoisotopic (exact) mass is 1220 g/mol. The first kappa shape index (κ1) is 57.7. The minimum Gasteiger partial charge on any atom is -0.309 e. The molecule has 438 valence electrons. The van der Waals surface area contributed by atoms with Gasteiger partial charge in [-0.25, -0.2) is 9.97 Å². The standard InChI is InChI=1S/C84H42N12/c85-43-51-25-52(44-86)30-66(29-51)61-16-21-79-72(37-61)73-38-62(67-31-53(45-87)26-54(32-67)46-88)17-22-80(73)95(79)78-14-8-7-13-70(78)71-20-15-65(77-42-76(59-9-3-1-4-10-59)93-84(94-77)60-11-5-2-6-12-60)41-83(71)96-81-23-18-63(68-33-55(47-89)27-56(34-68)48-90)39-74(81)75-40-64(19-24-82(75)96)69-35-57(49-91)28-58(36-69)50-92/h1-42H. The Morgan fingerprint density at radius 1 is 0.219 bits per heavy atom. The van der Waals surface area contributed by atoms with Gasteiger partial charge in [-0.15, -0.1) is 0 Å². The SMILES string of the molecule is N#Cc1cc(C#N)cc(-c2ccc3c(c2)c2cc(-c4cc(C#N)cc(C#N)c4)ccc2n3-c2ccccc2-c2ccc(-c3cc(-c4ccccc4)nc(-c4ccccc4)n3)cc2-n2c3ccc(-c4cc(C#N)cc(C#N)c4)cc3c3cc(-c4cc(C#N)cc(C#N)c4)ccc32)c1. The van der Waals surface area contributed by atoms with Crippen molar-refractivity contribution in [2.24, 2.45) is 0 Å². The first-order chi connectivity index (χ1) is 47.1. The number of para-hydroxylation sites is 1. The molecule has 0 aliphatic rings. The minimum atomic E-state index is 0.346. The van der Waals surface area contributed by atoms with Gasteiger partial charge in [-0.05, 0) is 184 Å². The Hall–Kier alpha value is -14.8. The molecule has 0 amide bonds. The molecule has 0 spiro atoms. The predicted molar refractivity (Wildman–Crippen MR) is 372 cm³/mol. The second-order valence-corrected chi connectivity index (χ2v) is 23.1. The van der Waals surface area contributed by atoms with Crippen LogP contribution in [0.5, 0.6) is 0 Å². The summed E-state index contributed by atoms with van der Waals surface area (Å²) in [7, 11) is 0. The highest BCUT2D eigenvalue weighted by molar-refractivity contribution is 6.14. The number of nitrogens with zero attached hydrogens (tertiary/aromatic N) is 12. The average Bonchev–Trinajstić information content (AvgIpc) is 1.56. The van der Waals surface area contributed by atoms with Gasteiger partial charge in [0.2, 0.25) is 0 Å². The van der Waals surface area contributed by atoms with Crippen LogP contribution < -0.4 is 0 Å². The predicted octanol–water partition coefficient (Wildman–Crippen LogP) is 19.0. The van der Waals surface area contributed by atoms with Gasteiger partial charge in [0, 0.05) is 49.4 Å². The molecule has 12 nitrogen and oxygen atoms in total. The highest BCUT2D eigenvalue weighted by Gasteiger charge is 2.24. The van der Waals surface area contributed by atoms with Crippen LogP contribution in [0, 0.1) is 90.6 Å². The molecule has 96 heavy (non-hydrogen) atoms. The number of aromatic nitrogens is 4. The summed E-state index contributed by atoms with van der Waals surface area (Å²) in [4.78, 5) is 10.5. The summed E-state index contributed by atoms with van der Waals surface area (Å²) in [5.41, 5.74) is 19.2. The lowest BCUT2D eigenvalue weighted by molar-refractivity contribution is 1.15. The zero-order valence-electron chi connectivity index (χ0n) is 50.6. The Balaban J connectivity index is 1.03. The van der Waals surface area contributed by atoms with E-state index in [1.54, 1.807) is 72.8 Å². The molecule has 0 aliphatic carbocycles. The second kappa shape index (κ2) is 23.9. The van der Waals surface area contributed by atoms with Crippen molar-refractivity contribution in [1.29, 1.82) is 42.1 Å². The molecule has 15 aromatic rings. The Bertz CT molecular complexity index is 5740. The van der Waals surface area contributed by atoms with Crippen molar-refractivity contribution in [1.82, 2.24) is 19.1 Å². The smallest absolute Gasteiger partial charge is 0.160 e. The van der Waals surface area contributed by atoms with Gasteiger partial charge in [0.25, 0.3) is 0 Å². The lowest BCUT2D eigenvalue weighted by Crippen LogP contribution is -2.02. The van der Waals surface area contributed by atoms with E-state index in [-0.39, 0.29) is 0 Å². The van der Waals surface area contributed by atoms with Gasteiger partial charge in [-0.2, -0.15) is 42.1 Å². The first-order valence-corrected chi connectivity index (χ1v) is 30.4. The van der Waals surface area contributed by atoms with Crippen LogP contribution in [0.3, 0.4) is 0 Å². The molecule has 12 aromatic carbocycles. The lowest BCUT2D eigenvalue weighted by atomic mass is 9.97. The first-order valence-electron chi connectivity index (χ1n) is 30.4. The molecule has 3 heterocycles. The molecular formula is C84H42N12. The van der Waals surface area contributed by atoms with E-state index in [0.29, 0.717) is 78.3 Å². The molecule has 0 atom stereocenters. The molecule has 15 rings (SSSR count). The Labute approximate surface area is 550 Å². The normalized spacial score (nSPS) is 10.8. The van der Waals surface area contributed by atoms with Gasteiger partial charge in [0.15, 0.2) is 5.82 Å². The molecule has 0 bridgehead atoms. The fourth-order valence-electron chi connectivity index (χ4n) is 13.0. The largest absolute Gasteiger partial charge is 0.309 e. The maximum atomic E-state index is 10.2. The van der Waals surface area contributed by atoms with Gasteiger partial charge in [-0.3, -0.25) is 0 Å². The van der Waals surface area contributed by atoms with Crippen LogP contribution in [0.2, 0.25) is 0 Å². The van der Waals surface area contributed by atoms with Crippen molar-refractivity contribution in [2.75, 3.05) is 0 Å². The van der Waals surface area contributed by atoms with Gasteiger partial charge in [0.1, 0.15) is 0 Å². The molecule has 0 N–H and O–H groups in total. The molecule has 0 saturated carbocycles. The summed E-state index contributed by atoms with van der Waals surface area (Å²) < 4.78 is 4.50. The molecule has 0 aliphatic heterocycles. The van der Waals surface area contributed by atoms with Crippen LogP contribution in [-0.4, -0.2) is 19.1 Å². The van der Waals surface area contributed by atoms with Gasteiger partial charge >= 0.3 is 0 Å². The number of nitriles is 8. The Morgan fingerprint density at radius 3 is 0.885 bits per heavy atom. The van der Waals surface area contributed by atoms with E-state index in [4.69, 9.17) is 9.97 Å². The second-order valence-electron chi connectivity index (χ2n) is 23.1. The van der Waals surface area contributed by atoms with Crippen molar-refractivity contribution < 1.29 is 0 Å². The molecule has 0 unspecified atom stereocenters. The van der Waals surface area contributed by atoms with Crippen molar-refractivity contribution >= 4 is 43.6 Å². The summed E-state index contributed by atoms with van der Waals surface area (Å²) in [6.07, 6.45) is 0. The van der Waals surface area contributed by atoms with E-state index in [2.05, 4.69) is 137 Å². The van der Waals surface area contributed by atoms with Crippen LogP contribution >= 0.6 is 0 Å². The molecular weight excluding hydrogens is 1180 g/mol. The highest BCUT2D eigenvalue weighted by atomic mass is 15.0. The van der Waals surface area contributed by atoms with E-state index < -0.39 is 0 Å². The van der Waals surface area contributed by atoms with Crippen molar-refractivity contribution in [3.63, 3.8) is 0 Å². The summed E-state index contributed by atoms with van der Waals surface area (Å²) in [6.45, 7) is 0. The van der Waals surface area contributed by atoms with Crippen LogP contribution in [-0.2, 0) is 0 Å². The van der Waals surface area contributed by atoms with Crippen molar-refractivity contribution in [3.05, 3.63) is 299 Å². The third kappa shape index (κ3) is 10.3. The number of hydrogen-bond donors (Lipinski definition) is 0. The summed E-state index contributed by atoms with van der Waals surface area (Å²) in [5.74, 6) is 0.545. The highest BCUT2D eigenvalue weighted by Crippen LogP contribution is 2.46. The number of rotatable bonds is 10. The van der Waals surface area contributed by atoms with E-state index in [0.717, 1.165) is 111 Å². The van der Waals surface area contributed by atoms with E-state index in [1.165, 1.54) is 0 Å². The van der Waals surface area contributed by atoms with Crippen LogP contribution in [0.1, 0.15) is 44.5 Å². The topological polar surface area (TPSA) is 226 Å². The maximum absolute atomic E-state index is 10.2. The maximum Gasteiger partial charge on any atom is 0.160 e. The number of fused-ring (bicyclic) bond motifs is 6. The summed E-state index contributed by atoms with van der Waals surface area (Å²) in [5, 5.41) is 84.4. The van der Waals surface area contributed by atoms with Gasteiger partial charge in [0.05, 0.1) is 138 Å². The minimum absolute atomic E-state index is 0.346.